The molecule has 2 rings (SSSR count). The zero-order chi connectivity index (χ0) is 15.6. The molecule has 0 aliphatic carbocycles. The van der Waals surface area contributed by atoms with Crippen LogP contribution in [-0.2, 0) is 16.3 Å². The minimum Gasteiger partial charge on any atom is -0.476 e. The van der Waals surface area contributed by atoms with Crippen LogP contribution >= 0.6 is 0 Å². The summed E-state index contributed by atoms with van der Waals surface area (Å²) in [5.41, 5.74) is 0.159. The Hall–Kier alpha value is -1.45. The number of likely N-dealkylation sites (N-methyl/N-ethyl adjacent to an activating group) is 1. The van der Waals surface area contributed by atoms with Gasteiger partial charge in [0.25, 0.3) is 0 Å². The van der Waals surface area contributed by atoms with Crippen LogP contribution in [0.4, 0.5) is 0 Å². The summed E-state index contributed by atoms with van der Waals surface area (Å²) in [6, 6.07) is 0. The Bertz CT molecular complexity index is 617. The molecule has 0 spiro atoms. The summed E-state index contributed by atoms with van der Waals surface area (Å²) in [4.78, 5) is 21.9. The number of carboxylic acid groups (broad SMARTS) is 1. The first-order chi connectivity index (χ1) is 9.77. The number of hydrogen-bond acceptors (Lipinski definition) is 6. The standard InChI is InChI=1S/C12H20N4O4S/c1-15-5-7-16(8-6-15)4-3-9-10(11(17)18)14-12(13-9)21(2,19)20/h3-8H2,1-2H3,(H,13,14)(H,17,18). The Labute approximate surface area is 123 Å². The predicted molar refractivity (Wildman–Crippen MR) is 76.3 cm³/mol. The second-order valence-electron chi connectivity index (χ2n) is 5.34. The summed E-state index contributed by atoms with van der Waals surface area (Å²) < 4.78 is 22.9. The molecule has 0 bridgehead atoms. The number of hydrogen-bond donors (Lipinski definition) is 2. The molecule has 0 unspecified atom stereocenters. The van der Waals surface area contributed by atoms with Gasteiger partial charge in [-0.3, -0.25) is 0 Å². The maximum absolute atomic E-state index is 11.5. The van der Waals surface area contributed by atoms with Crippen molar-refractivity contribution in [3.05, 3.63) is 11.4 Å². The van der Waals surface area contributed by atoms with Gasteiger partial charge in [-0.1, -0.05) is 0 Å². The number of rotatable bonds is 5. The lowest BCUT2D eigenvalue weighted by molar-refractivity contribution is 0.0689. The molecule has 0 saturated carbocycles. The van der Waals surface area contributed by atoms with Crippen LogP contribution in [0.2, 0.25) is 0 Å². The molecule has 1 fully saturated rings. The molecular formula is C12H20N4O4S. The van der Waals surface area contributed by atoms with Crippen LogP contribution in [0.5, 0.6) is 0 Å². The van der Waals surface area contributed by atoms with Crippen molar-refractivity contribution in [1.82, 2.24) is 19.8 Å². The summed E-state index contributed by atoms with van der Waals surface area (Å²) in [6.07, 6.45) is 1.44. The number of aromatic nitrogens is 2. The third-order valence-electron chi connectivity index (χ3n) is 3.58. The fraction of sp³-hybridized carbons (Fsp3) is 0.667. The van der Waals surface area contributed by atoms with Gasteiger partial charge in [0.1, 0.15) is 0 Å². The molecular weight excluding hydrogens is 296 g/mol. The van der Waals surface area contributed by atoms with Gasteiger partial charge < -0.3 is 19.9 Å². The first-order valence-corrected chi connectivity index (χ1v) is 8.59. The van der Waals surface area contributed by atoms with Crippen molar-refractivity contribution in [1.29, 1.82) is 0 Å². The Balaban J connectivity index is 2.08. The van der Waals surface area contributed by atoms with Gasteiger partial charge in [-0.25, -0.2) is 18.2 Å². The third-order valence-corrected chi connectivity index (χ3v) is 4.48. The SMILES string of the molecule is CN1CCN(CCc2[nH]c(S(C)(=O)=O)nc2C(=O)O)CC1. The van der Waals surface area contributed by atoms with E-state index in [0.717, 1.165) is 32.4 Å². The average Bonchev–Trinajstić information content (AvgIpc) is 2.82. The number of nitrogens with zero attached hydrogens (tertiary/aromatic N) is 3. The molecule has 0 radical (unpaired) electrons. The van der Waals surface area contributed by atoms with E-state index < -0.39 is 15.8 Å². The average molecular weight is 316 g/mol. The van der Waals surface area contributed by atoms with Crippen LogP contribution in [0, 0.1) is 0 Å². The number of aromatic amines is 1. The molecule has 1 aliphatic rings. The number of imidazole rings is 1. The highest BCUT2D eigenvalue weighted by Gasteiger charge is 2.22. The lowest BCUT2D eigenvalue weighted by atomic mass is 10.2. The Morgan fingerprint density at radius 1 is 1.33 bits per heavy atom. The third kappa shape index (κ3) is 4.02. The topological polar surface area (TPSA) is 107 Å². The summed E-state index contributed by atoms with van der Waals surface area (Å²) >= 11 is 0. The lowest BCUT2D eigenvalue weighted by Crippen LogP contribution is -2.45. The zero-order valence-corrected chi connectivity index (χ0v) is 13.0. The van der Waals surface area contributed by atoms with Gasteiger partial charge in [0, 0.05) is 45.4 Å². The molecule has 1 aromatic heterocycles. The highest BCUT2D eigenvalue weighted by Crippen LogP contribution is 2.12. The van der Waals surface area contributed by atoms with Gasteiger partial charge in [0.15, 0.2) is 5.69 Å². The van der Waals surface area contributed by atoms with E-state index in [2.05, 4.69) is 26.8 Å². The van der Waals surface area contributed by atoms with E-state index in [9.17, 15) is 13.2 Å². The zero-order valence-electron chi connectivity index (χ0n) is 12.2. The molecule has 1 aromatic rings. The van der Waals surface area contributed by atoms with Crippen molar-refractivity contribution in [2.24, 2.45) is 0 Å². The lowest BCUT2D eigenvalue weighted by Gasteiger charge is -2.32. The van der Waals surface area contributed by atoms with Crippen LogP contribution in [0.15, 0.2) is 5.16 Å². The van der Waals surface area contributed by atoms with Crippen molar-refractivity contribution in [2.75, 3.05) is 46.0 Å². The predicted octanol–water partition coefficient (Wildman–Crippen LogP) is -0.699. The number of carboxylic acids is 1. The number of nitrogens with one attached hydrogen (secondary N) is 1. The minimum atomic E-state index is -3.54. The van der Waals surface area contributed by atoms with Crippen LogP contribution in [0.1, 0.15) is 16.2 Å². The molecule has 21 heavy (non-hydrogen) atoms. The minimum absolute atomic E-state index is 0.204. The molecule has 9 heteroatoms. The summed E-state index contributed by atoms with van der Waals surface area (Å²) in [7, 11) is -1.48. The summed E-state index contributed by atoms with van der Waals surface area (Å²) in [6.45, 7) is 4.48. The van der Waals surface area contributed by atoms with Crippen LogP contribution in [0.3, 0.4) is 0 Å². The van der Waals surface area contributed by atoms with Crippen molar-refractivity contribution < 1.29 is 18.3 Å². The van der Waals surface area contributed by atoms with Gasteiger partial charge in [0.2, 0.25) is 15.0 Å². The number of piperazine rings is 1. The van der Waals surface area contributed by atoms with Crippen LogP contribution in [-0.4, -0.2) is 85.3 Å². The first kappa shape index (κ1) is 15.9. The highest BCUT2D eigenvalue weighted by atomic mass is 32.2. The molecule has 0 aromatic carbocycles. The Morgan fingerprint density at radius 3 is 2.48 bits per heavy atom. The normalized spacial score (nSPS) is 18.0. The largest absolute Gasteiger partial charge is 0.476 e. The van der Waals surface area contributed by atoms with E-state index in [1.807, 2.05) is 0 Å². The number of aromatic carboxylic acids is 1. The molecule has 2 N–H and O–H groups in total. The Kier molecular flexibility index (Phi) is 4.64. The fourth-order valence-corrected chi connectivity index (χ4v) is 2.83. The smallest absolute Gasteiger partial charge is 0.356 e. The van der Waals surface area contributed by atoms with Gasteiger partial charge >= 0.3 is 5.97 Å². The van der Waals surface area contributed by atoms with Gasteiger partial charge in [0.05, 0.1) is 5.69 Å². The van der Waals surface area contributed by atoms with Gasteiger partial charge in [-0.05, 0) is 7.05 Å². The summed E-state index contributed by atoms with van der Waals surface area (Å²) in [5.74, 6) is -1.21. The number of carbonyl (C=O) groups is 1. The van der Waals surface area contributed by atoms with Gasteiger partial charge in [-0.15, -0.1) is 0 Å². The molecule has 2 heterocycles. The second kappa shape index (κ2) is 6.12. The monoisotopic (exact) mass is 316 g/mol. The maximum atomic E-state index is 11.5. The molecule has 8 nitrogen and oxygen atoms in total. The quantitative estimate of drug-likeness (QED) is 0.740. The van der Waals surface area contributed by atoms with E-state index in [4.69, 9.17) is 5.11 Å². The van der Waals surface area contributed by atoms with Crippen LogP contribution < -0.4 is 0 Å². The van der Waals surface area contributed by atoms with Crippen molar-refractivity contribution >= 4 is 15.8 Å². The van der Waals surface area contributed by atoms with Crippen molar-refractivity contribution in [2.45, 2.75) is 11.6 Å². The number of H-pyrrole nitrogens is 1. The van der Waals surface area contributed by atoms with E-state index in [0.29, 0.717) is 18.7 Å². The Morgan fingerprint density at radius 2 is 1.95 bits per heavy atom. The van der Waals surface area contributed by atoms with Gasteiger partial charge in [-0.2, -0.15) is 0 Å². The second-order valence-corrected chi connectivity index (χ2v) is 7.27. The molecule has 118 valence electrons. The van der Waals surface area contributed by atoms with E-state index in [1.54, 1.807) is 0 Å². The highest BCUT2D eigenvalue weighted by molar-refractivity contribution is 7.90. The maximum Gasteiger partial charge on any atom is 0.356 e. The summed E-state index contributed by atoms with van der Waals surface area (Å²) in [5, 5.41) is 8.83. The van der Waals surface area contributed by atoms with E-state index in [1.165, 1.54) is 0 Å². The first-order valence-electron chi connectivity index (χ1n) is 6.70. The fourth-order valence-electron chi connectivity index (χ4n) is 2.26. The molecule has 0 amide bonds. The van der Waals surface area contributed by atoms with Crippen molar-refractivity contribution in [3.63, 3.8) is 0 Å². The van der Waals surface area contributed by atoms with Crippen LogP contribution in [0.25, 0.3) is 0 Å². The van der Waals surface area contributed by atoms with E-state index >= 15 is 0 Å². The molecule has 0 atom stereocenters. The molecule has 1 saturated heterocycles. The van der Waals surface area contributed by atoms with Crippen molar-refractivity contribution in [3.8, 4) is 0 Å². The molecule has 1 aliphatic heterocycles. The van der Waals surface area contributed by atoms with E-state index in [-0.39, 0.29) is 10.9 Å². The number of sulfone groups is 1.